The highest BCUT2D eigenvalue weighted by Crippen LogP contribution is 2.24. The molecule has 0 unspecified atom stereocenters. The second kappa shape index (κ2) is 6.48. The normalized spacial score (nSPS) is 16.8. The summed E-state index contributed by atoms with van der Waals surface area (Å²) in [6.45, 7) is 0.320. The maximum atomic E-state index is 13.5. The molecular weight excluding hydrogens is 299 g/mol. The maximum Gasteiger partial charge on any atom is 0.304 e. The van der Waals surface area contributed by atoms with Crippen LogP contribution in [0.3, 0.4) is 0 Å². The topological polar surface area (TPSA) is 89.3 Å². The Balaban J connectivity index is 2.08. The van der Waals surface area contributed by atoms with E-state index < -0.39 is 26.5 Å². The summed E-state index contributed by atoms with van der Waals surface area (Å²) in [6, 6.07) is 2.59. The van der Waals surface area contributed by atoms with Crippen LogP contribution in [-0.4, -0.2) is 19.9 Å². The first-order valence-corrected chi connectivity index (χ1v) is 8.32. The van der Waals surface area contributed by atoms with Crippen molar-refractivity contribution in [3.8, 4) is 0 Å². The Morgan fingerprint density at radius 2 is 1.95 bits per heavy atom. The van der Waals surface area contributed by atoms with Crippen LogP contribution in [0.4, 0.5) is 10.1 Å². The zero-order valence-electron chi connectivity index (χ0n) is 11.4. The quantitative estimate of drug-likeness (QED) is 0.668. The lowest BCUT2D eigenvalue weighted by Crippen LogP contribution is -2.30. The fourth-order valence-corrected chi connectivity index (χ4v) is 3.63. The van der Waals surface area contributed by atoms with Gasteiger partial charge in [0.25, 0.3) is 0 Å². The lowest BCUT2D eigenvalue weighted by molar-refractivity contribution is -0.387. The first-order chi connectivity index (χ1) is 9.90. The molecule has 1 aromatic rings. The molecule has 0 atom stereocenters. The summed E-state index contributed by atoms with van der Waals surface area (Å²) in [5, 5.41) is 10.5. The number of nitrogens with zero attached hydrogens (tertiary/aromatic N) is 1. The molecule has 0 spiro atoms. The minimum atomic E-state index is -3.84. The van der Waals surface area contributed by atoms with Crippen LogP contribution < -0.4 is 4.72 Å². The van der Waals surface area contributed by atoms with Gasteiger partial charge in [0, 0.05) is 18.7 Å². The van der Waals surface area contributed by atoms with Crippen molar-refractivity contribution in [3.63, 3.8) is 0 Å². The number of sulfonamides is 1. The molecule has 0 heterocycles. The lowest BCUT2D eigenvalue weighted by atomic mass is 9.90. The van der Waals surface area contributed by atoms with E-state index in [0.29, 0.717) is 18.5 Å². The lowest BCUT2D eigenvalue weighted by Gasteiger charge is -2.21. The van der Waals surface area contributed by atoms with Crippen LogP contribution >= 0.6 is 0 Å². The van der Waals surface area contributed by atoms with Crippen molar-refractivity contribution in [2.75, 3.05) is 6.54 Å². The highest BCUT2D eigenvalue weighted by Gasteiger charge is 2.22. The van der Waals surface area contributed by atoms with E-state index in [9.17, 15) is 22.9 Å². The Morgan fingerprint density at radius 3 is 2.52 bits per heavy atom. The largest absolute Gasteiger partial charge is 0.304 e. The first-order valence-electron chi connectivity index (χ1n) is 6.84. The fraction of sp³-hybridized carbons (Fsp3) is 0.538. The van der Waals surface area contributed by atoms with Crippen LogP contribution in [-0.2, 0) is 10.0 Å². The number of hydrogen-bond donors (Lipinski definition) is 1. The molecule has 1 aromatic carbocycles. The van der Waals surface area contributed by atoms with Gasteiger partial charge in [0.05, 0.1) is 9.82 Å². The van der Waals surface area contributed by atoms with E-state index in [4.69, 9.17) is 0 Å². The van der Waals surface area contributed by atoms with Gasteiger partial charge in [-0.2, -0.15) is 4.39 Å². The molecule has 1 aliphatic carbocycles. The molecule has 1 aliphatic rings. The number of rotatable bonds is 5. The van der Waals surface area contributed by atoms with E-state index in [0.717, 1.165) is 37.8 Å². The van der Waals surface area contributed by atoms with Gasteiger partial charge in [-0.1, -0.05) is 19.3 Å². The zero-order valence-corrected chi connectivity index (χ0v) is 12.2. The van der Waals surface area contributed by atoms with Crippen molar-refractivity contribution < 1.29 is 17.7 Å². The Hall–Kier alpha value is -1.54. The summed E-state index contributed by atoms with van der Waals surface area (Å²) < 4.78 is 40.1. The van der Waals surface area contributed by atoms with Crippen LogP contribution in [0.2, 0.25) is 0 Å². The van der Waals surface area contributed by atoms with E-state index in [2.05, 4.69) is 4.72 Å². The van der Waals surface area contributed by atoms with Gasteiger partial charge in [0.2, 0.25) is 15.8 Å². The number of nitro benzene ring substituents is 1. The highest BCUT2D eigenvalue weighted by atomic mass is 32.2. The molecule has 1 fully saturated rings. The Labute approximate surface area is 122 Å². The molecule has 21 heavy (non-hydrogen) atoms. The standard InChI is InChI=1S/C13H17FN2O4S/c14-12-8-11(6-7-13(12)16(17)18)21(19,20)15-9-10-4-2-1-3-5-10/h6-8,10,15H,1-5,9H2. The predicted molar refractivity (Wildman–Crippen MR) is 74.8 cm³/mol. The van der Waals surface area contributed by atoms with Crippen molar-refractivity contribution >= 4 is 15.7 Å². The molecule has 116 valence electrons. The summed E-state index contributed by atoms with van der Waals surface area (Å²) in [7, 11) is -3.84. The van der Waals surface area contributed by atoms with Crippen LogP contribution in [0.25, 0.3) is 0 Å². The van der Waals surface area contributed by atoms with Gasteiger partial charge >= 0.3 is 5.69 Å². The minimum Gasteiger partial charge on any atom is -0.258 e. The third kappa shape index (κ3) is 3.98. The monoisotopic (exact) mass is 316 g/mol. The Kier molecular flexibility index (Phi) is 4.89. The summed E-state index contributed by atoms with van der Waals surface area (Å²) in [6.07, 6.45) is 5.34. The molecule has 8 heteroatoms. The minimum absolute atomic E-state index is 0.290. The molecule has 6 nitrogen and oxygen atoms in total. The van der Waals surface area contributed by atoms with Crippen molar-refractivity contribution in [1.29, 1.82) is 0 Å². The van der Waals surface area contributed by atoms with Gasteiger partial charge in [0.15, 0.2) is 0 Å². The molecule has 0 saturated heterocycles. The van der Waals surface area contributed by atoms with Gasteiger partial charge < -0.3 is 0 Å². The number of nitro groups is 1. The molecule has 0 aliphatic heterocycles. The SMILES string of the molecule is O=[N+]([O-])c1ccc(S(=O)(=O)NCC2CCCCC2)cc1F. The number of benzene rings is 1. The van der Waals surface area contributed by atoms with Crippen LogP contribution in [0.5, 0.6) is 0 Å². The molecule has 0 amide bonds. The van der Waals surface area contributed by atoms with Gasteiger partial charge in [-0.05, 0) is 24.8 Å². The average Bonchev–Trinajstić information content (AvgIpc) is 2.46. The molecule has 1 saturated carbocycles. The van der Waals surface area contributed by atoms with Gasteiger partial charge in [-0.15, -0.1) is 0 Å². The number of halogens is 1. The summed E-state index contributed by atoms with van der Waals surface area (Å²) in [5.41, 5.74) is -0.735. The van der Waals surface area contributed by atoms with Crippen LogP contribution in [0.1, 0.15) is 32.1 Å². The van der Waals surface area contributed by atoms with Crippen LogP contribution in [0.15, 0.2) is 23.1 Å². The second-order valence-corrected chi connectivity index (χ2v) is 6.99. The van der Waals surface area contributed by atoms with E-state index in [1.165, 1.54) is 6.42 Å². The van der Waals surface area contributed by atoms with Gasteiger partial charge in [-0.25, -0.2) is 13.1 Å². The third-order valence-corrected chi connectivity index (χ3v) is 5.13. The van der Waals surface area contributed by atoms with E-state index in [-0.39, 0.29) is 4.90 Å². The molecule has 2 rings (SSSR count). The van der Waals surface area contributed by atoms with Crippen molar-refractivity contribution in [3.05, 3.63) is 34.1 Å². The van der Waals surface area contributed by atoms with Crippen molar-refractivity contribution in [1.82, 2.24) is 4.72 Å². The summed E-state index contributed by atoms with van der Waals surface area (Å²) in [4.78, 5) is 9.34. The number of hydrogen-bond acceptors (Lipinski definition) is 4. The molecule has 0 aromatic heterocycles. The smallest absolute Gasteiger partial charge is 0.258 e. The van der Waals surface area contributed by atoms with E-state index in [1.54, 1.807) is 0 Å². The second-order valence-electron chi connectivity index (χ2n) is 5.23. The first kappa shape index (κ1) is 15.8. The molecular formula is C13H17FN2O4S. The molecule has 0 bridgehead atoms. The zero-order chi connectivity index (χ0) is 15.5. The summed E-state index contributed by atoms with van der Waals surface area (Å²) >= 11 is 0. The van der Waals surface area contributed by atoms with Gasteiger partial charge in [0.1, 0.15) is 0 Å². The maximum absolute atomic E-state index is 13.5. The number of nitrogens with one attached hydrogen (secondary N) is 1. The van der Waals surface area contributed by atoms with Crippen LogP contribution in [0, 0.1) is 21.8 Å². The summed E-state index contributed by atoms with van der Waals surface area (Å²) in [5.74, 6) is -0.850. The van der Waals surface area contributed by atoms with Crippen molar-refractivity contribution in [2.24, 2.45) is 5.92 Å². The predicted octanol–water partition coefficient (Wildman–Crippen LogP) is 2.59. The van der Waals surface area contributed by atoms with Gasteiger partial charge in [-0.3, -0.25) is 10.1 Å². The van der Waals surface area contributed by atoms with E-state index in [1.807, 2.05) is 0 Å². The third-order valence-electron chi connectivity index (χ3n) is 3.71. The van der Waals surface area contributed by atoms with E-state index >= 15 is 0 Å². The van der Waals surface area contributed by atoms with Crippen molar-refractivity contribution in [2.45, 2.75) is 37.0 Å². The average molecular weight is 316 g/mol. The molecule has 1 N–H and O–H groups in total. The Bertz CT molecular complexity index is 627. The highest BCUT2D eigenvalue weighted by molar-refractivity contribution is 7.89. The fourth-order valence-electron chi connectivity index (χ4n) is 2.51. The Morgan fingerprint density at radius 1 is 1.29 bits per heavy atom. The molecule has 0 radical (unpaired) electrons.